The van der Waals surface area contributed by atoms with Crippen LogP contribution in [0.25, 0.3) is 10.9 Å². The Morgan fingerprint density at radius 2 is 2.07 bits per heavy atom. The van der Waals surface area contributed by atoms with E-state index in [1.165, 1.54) is 0 Å². The Hall–Kier alpha value is -0.680. The Bertz CT molecular complexity index is 557. The average Bonchev–Trinajstić information content (AvgIpc) is 1.99. The van der Waals surface area contributed by atoms with Crippen molar-refractivity contribution in [2.45, 2.75) is 6.92 Å². The number of hydrogen-bond donors (Lipinski definition) is 0. The van der Waals surface area contributed by atoms with Crippen LogP contribution in [0.1, 0.15) is 5.89 Å². The Morgan fingerprint density at radius 3 is 2.79 bits per heavy atom. The molecule has 0 aliphatic heterocycles. The molecule has 72 valence electrons. The van der Waals surface area contributed by atoms with Gasteiger partial charge in [0.05, 0.1) is 5.52 Å². The van der Waals surface area contributed by atoms with Crippen LogP contribution in [0.2, 0.25) is 0 Å². The van der Waals surface area contributed by atoms with Gasteiger partial charge in [0.1, 0.15) is 5.39 Å². The largest absolute Gasteiger partial charge is 0.408 e. The smallest absolute Gasteiger partial charge is 0.347 e. The number of rotatable bonds is 0. The van der Waals surface area contributed by atoms with E-state index < -0.39 is 0 Å². The number of benzene rings is 1. The molecule has 2 rings (SSSR count). The van der Waals surface area contributed by atoms with Gasteiger partial charge in [0.2, 0.25) is 0 Å². The molecule has 5 heteroatoms. The minimum Gasteiger partial charge on any atom is -0.408 e. The fourth-order valence-corrected chi connectivity index (χ4v) is 2.59. The van der Waals surface area contributed by atoms with Gasteiger partial charge in [0.25, 0.3) is 0 Å². The summed E-state index contributed by atoms with van der Waals surface area (Å²) in [4.78, 5) is 15.6. The number of hydrogen-bond acceptors (Lipinski definition) is 3. The first-order valence-corrected chi connectivity index (χ1v) is 5.43. The minimum absolute atomic E-state index is 0.368. The van der Waals surface area contributed by atoms with Crippen LogP contribution in [0.5, 0.6) is 0 Å². The molecule has 0 fully saturated rings. The van der Waals surface area contributed by atoms with E-state index in [1.807, 2.05) is 0 Å². The summed E-state index contributed by atoms with van der Waals surface area (Å²) in [5, 5.41) is 0.471. The zero-order chi connectivity index (χ0) is 10.3. The van der Waals surface area contributed by atoms with Gasteiger partial charge in [-0.15, -0.1) is 0 Å². The number of nitrogens with zero attached hydrogens (tertiary/aromatic N) is 1. The molecule has 0 saturated heterocycles. The molecule has 3 nitrogen and oxygen atoms in total. The summed E-state index contributed by atoms with van der Waals surface area (Å²) in [7, 11) is 0. The molecule has 1 aromatic carbocycles. The summed E-state index contributed by atoms with van der Waals surface area (Å²) in [5.74, 6) is 0.368. The molecule has 1 aromatic heterocycles. The summed E-state index contributed by atoms with van der Waals surface area (Å²) in [6.07, 6.45) is 0. The van der Waals surface area contributed by atoms with Crippen LogP contribution in [0.4, 0.5) is 0 Å². The number of fused-ring (bicyclic) bond motifs is 1. The van der Waals surface area contributed by atoms with Crippen LogP contribution < -0.4 is 5.63 Å². The molecule has 0 radical (unpaired) electrons. The van der Waals surface area contributed by atoms with E-state index >= 15 is 0 Å². The third kappa shape index (κ3) is 1.62. The average molecular weight is 319 g/mol. The molecule has 1 heterocycles. The third-order valence-corrected chi connectivity index (χ3v) is 2.84. The topological polar surface area (TPSA) is 43.1 Å². The zero-order valence-corrected chi connectivity index (χ0v) is 10.3. The molecule has 0 unspecified atom stereocenters. The van der Waals surface area contributed by atoms with Crippen molar-refractivity contribution < 1.29 is 4.42 Å². The van der Waals surface area contributed by atoms with Gasteiger partial charge >= 0.3 is 5.63 Å². The molecule has 0 aliphatic rings. The summed E-state index contributed by atoms with van der Waals surface area (Å²) in [6, 6.07) is 3.57. The molecule has 2 aromatic rings. The van der Waals surface area contributed by atoms with Crippen molar-refractivity contribution in [3.63, 3.8) is 0 Å². The molecule has 0 bridgehead atoms. The molecule has 0 atom stereocenters. The fraction of sp³-hybridized carbons (Fsp3) is 0.111. The van der Waals surface area contributed by atoms with Gasteiger partial charge in [-0.2, -0.15) is 0 Å². The normalized spacial score (nSPS) is 10.8. The van der Waals surface area contributed by atoms with E-state index in [0.29, 0.717) is 21.3 Å². The monoisotopic (exact) mass is 317 g/mol. The van der Waals surface area contributed by atoms with Crippen LogP contribution in [0.15, 0.2) is 30.3 Å². The van der Waals surface area contributed by atoms with Gasteiger partial charge in [-0.25, -0.2) is 9.78 Å². The highest BCUT2D eigenvalue weighted by Crippen LogP contribution is 2.24. The zero-order valence-electron chi connectivity index (χ0n) is 7.17. The standard InChI is InChI=1S/C9H5Br2NO2/c1-4-12-7-3-5(10)2-6(11)8(7)9(13)14-4/h2-3H,1H3. The maximum atomic E-state index is 11.5. The van der Waals surface area contributed by atoms with Crippen molar-refractivity contribution in [2.75, 3.05) is 0 Å². The highest BCUT2D eigenvalue weighted by molar-refractivity contribution is 9.11. The van der Waals surface area contributed by atoms with E-state index in [4.69, 9.17) is 4.42 Å². The predicted molar refractivity (Wildman–Crippen MR) is 60.4 cm³/mol. The quantitative estimate of drug-likeness (QED) is 0.750. The second kappa shape index (κ2) is 3.47. The lowest BCUT2D eigenvalue weighted by molar-refractivity contribution is 0.467. The lowest BCUT2D eigenvalue weighted by Crippen LogP contribution is -2.03. The van der Waals surface area contributed by atoms with E-state index in [1.54, 1.807) is 19.1 Å². The van der Waals surface area contributed by atoms with Crippen LogP contribution in [0.3, 0.4) is 0 Å². The first-order valence-electron chi connectivity index (χ1n) is 3.84. The van der Waals surface area contributed by atoms with Crippen LogP contribution in [-0.4, -0.2) is 4.98 Å². The molecule has 0 amide bonds. The van der Waals surface area contributed by atoms with Gasteiger partial charge in [-0.05, 0) is 28.1 Å². The number of aromatic nitrogens is 1. The SMILES string of the molecule is Cc1nc2cc(Br)cc(Br)c2c(=O)o1. The lowest BCUT2D eigenvalue weighted by atomic mass is 10.2. The van der Waals surface area contributed by atoms with E-state index in [0.717, 1.165) is 4.47 Å². The summed E-state index contributed by atoms with van der Waals surface area (Å²) >= 11 is 6.62. The van der Waals surface area contributed by atoms with Crippen molar-refractivity contribution in [1.29, 1.82) is 0 Å². The first-order chi connectivity index (χ1) is 6.58. The Labute approximate surface area is 96.4 Å². The van der Waals surface area contributed by atoms with Crippen molar-refractivity contribution in [3.05, 3.63) is 37.4 Å². The molecular weight excluding hydrogens is 314 g/mol. The predicted octanol–water partition coefficient (Wildman–Crippen LogP) is 3.02. The highest BCUT2D eigenvalue weighted by Gasteiger charge is 2.08. The van der Waals surface area contributed by atoms with Crippen LogP contribution in [0, 0.1) is 6.92 Å². The maximum absolute atomic E-state index is 11.5. The van der Waals surface area contributed by atoms with Crippen molar-refractivity contribution >= 4 is 42.8 Å². The van der Waals surface area contributed by atoms with E-state index in [-0.39, 0.29) is 5.63 Å². The number of aryl methyl sites for hydroxylation is 1. The highest BCUT2D eigenvalue weighted by atomic mass is 79.9. The summed E-state index contributed by atoms with van der Waals surface area (Å²) in [5.41, 5.74) is 0.256. The van der Waals surface area contributed by atoms with Gasteiger partial charge in [-0.1, -0.05) is 15.9 Å². The maximum Gasteiger partial charge on any atom is 0.347 e. The summed E-state index contributed by atoms with van der Waals surface area (Å²) in [6.45, 7) is 1.65. The molecule has 14 heavy (non-hydrogen) atoms. The number of halogens is 2. The van der Waals surface area contributed by atoms with E-state index in [9.17, 15) is 4.79 Å². The first kappa shape index (κ1) is 9.86. The van der Waals surface area contributed by atoms with Crippen LogP contribution >= 0.6 is 31.9 Å². The van der Waals surface area contributed by atoms with Gasteiger partial charge in [0.15, 0.2) is 5.89 Å². The van der Waals surface area contributed by atoms with E-state index in [2.05, 4.69) is 36.8 Å². The van der Waals surface area contributed by atoms with Crippen molar-refractivity contribution in [3.8, 4) is 0 Å². The second-order valence-electron chi connectivity index (χ2n) is 2.80. The Morgan fingerprint density at radius 1 is 1.36 bits per heavy atom. The Kier molecular flexibility index (Phi) is 2.45. The molecule has 0 spiro atoms. The van der Waals surface area contributed by atoms with Gasteiger partial charge in [0, 0.05) is 15.9 Å². The summed E-state index contributed by atoms with van der Waals surface area (Å²) < 4.78 is 6.45. The third-order valence-electron chi connectivity index (χ3n) is 1.76. The fourth-order valence-electron chi connectivity index (χ4n) is 1.23. The Balaban J connectivity index is 3.02. The van der Waals surface area contributed by atoms with Gasteiger partial charge < -0.3 is 4.42 Å². The van der Waals surface area contributed by atoms with Crippen molar-refractivity contribution in [1.82, 2.24) is 4.98 Å². The molecule has 0 N–H and O–H groups in total. The lowest BCUT2D eigenvalue weighted by Gasteiger charge is -2.00. The molecule has 0 saturated carbocycles. The second-order valence-corrected chi connectivity index (χ2v) is 4.57. The van der Waals surface area contributed by atoms with Crippen LogP contribution in [-0.2, 0) is 0 Å². The molecule has 0 aliphatic carbocycles. The van der Waals surface area contributed by atoms with Crippen molar-refractivity contribution in [2.24, 2.45) is 0 Å². The molecular formula is C9H5Br2NO2. The van der Waals surface area contributed by atoms with Gasteiger partial charge in [-0.3, -0.25) is 0 Å². The minimum atomic E-state index is -0.369.